The van der Waals surface area contributed by atoms with Gasteiger partial charge in [0, 0.05) is 12.1 Å². The molecule has 1 fully saturated rings. The lowest BCUT2D eigenvalue weighted by Gasteiger charge is -2.22. The summed E-state index contributed by atoms with van der Waals surface area (Å²) < 4.78 is 0. The maximum Gasteiger partial charge on any atom is 0.134 e. The Morgan fingerprint density at radius 2 is 2.14 bits per heavy atom. The largest absolute Gasteiger partial charge is 0.367 e. The highest BCUT2D eigenvalue weighted by Crippen LogP contribution is 2.20. The van der Waals surface area contributed by atoms with Crippen molar-refractivity contribution in [3.63, 3.8) is 0 Å². The molecule has 3 nitrogen and oxygen atoms in total. The van der Waals surface area contributed by atoms with Crippen LogP contribution in [0.25, 0.3) is 0 Å². The van der Waals surface area contributed by atoms with E-state index in [-0.39, 0.29) is 0 Å². The smallest absolute Gasteiger partial charge is 0.134 e. The normalized spacial score (nSPS) is 18.1. The average Bonchev–Trinajstić information content (AvgIpc) is 2.19. The van der Waals surface area contributed by atoms with Gasteiger partial charge < -0.3 is 5.32 Å². The van der Waals surface area contributed by atoms with Crippen LogP contribution >= 0.6 is 23.4 Å². The molecule has 0 unspecified atom stereocenters. The van der Waals surface area contributed by atoms with Gasteiger partial charge in [-0.15, -0.1) is 0 Å². The van der Waals surface area contributed by atoms with Crippen LogP contribution in [0.5, 0.6) is 0 Å². The highest BCUT2D eigenvalue weighted by atomic mass is 35.5. The second-order valence-corrected chi connectivity index (χ2v) is 4.87. The van der Waals surface area contributed by atoms with Gasteiger partial charge in [-0.05, 0) is 24.3 Å². The average molecular weight is 230 g/mol. The van der Waals surface area contributed by atoms with Crippen molar-refractivity contribution in [1.82, 2.24) is 9.97 Å². The van der Waals surface area contributed by atoms with Crippen molar-refractivity contribution in [2.75, 3.05) is 16.8 Å². The molecule has 0 radical (unpaired) electrons. The number of rotatable bonds is 2. The van der Waals surface area contributed by atoms with Gasteiger partial charge >= 0.3 is 0 Å². The Hall–Kier alpha value is -0.480. The van der Waals surface area contributed by atoms with Gasteiger partial charge in [0.1, 0.15) is 17.3 Å². The summed E-state index contributed by atoms with van der Waals surface area (Å²) in [5, 5.41) is 3.87. The van der Waals surface area contributed by atoms with Crippen molar-refractivity contribution in [3.8, 4) is 0 Å². The maximum atomic E-state index is 5.77. The zero-order chi connectivity index (χ0) is 9.80. The van der Waals surface area contributed by atoms with E-state index in [0.29, 0.717) is 11.2 Å². The van der Waals surface area contributed by atoms with Gasteiger partial charge in [-0.2, -0.15) is 11.8 Å². The monoisotopic (exact) mass is 229 g/mol. The van der Waals surface area contributed by atoms with E-state index < -0.39 is 0 Å². The third-order valence-electron chi connectivity index (χ3n) is 2.21. The lowest BCUT2D eigenvalue weighted by molar-refractivity contribution is 0.663. The summed E-state index contributed by atoms with van der Waals surface area (Å²) in [7, 11) is 0. The molecule has 1 aromatic heterocycles. The summed E-state index contributed by atoms with van der Waals surface area (Å²) >= 11 is 7.78. The number of nitrogens with zero attached hydrogens (tertiary/aromatic N) is 2. The van der Waals surface area contributed by atoms with E-state index in [1.54, 1.807) is 6.07 Å². The van der Waals surface area contributed by atoms with Crippen molar-refractivity contribution >= 4 is 29.2 Å². The summed E-state index contributed by atoms with van der Waals surface area (Å²) in [6.45, 7) is 0. The standard InChI is InChI=1S/C9H12ClN3S/c10-8-5-9(12-6-11-8)13-7-1-3-14-4-2-7/h5-7H,1-4H2,(H,11,12,13). The minimum absolute atomic E-state index is 0.493. The molecule has 1 aromatic rings. The quantitative estimate of drug-likeness (QED) is 0.791. The predicted molar refractivity (Wildman–Crippen MR) is 61.0 cm³/mol. The molecule has 5 heteroatoms. The second-order valence-electron chi connectivity index (χ2n) is 3.26. The molecule has 1 aliphatic rings. The van der Waals surface area contributed by atoms with Gasteiger partial charge in [0.05, 0.1) is 0 Å². The molecule has 2 heterocycles. The Morgan fingerprint density at radius 1 is 1.36 bits per heavy atom. The van der Waals surface area contributed by atoms with Crippen LogP contribution in [-0.2, 0) is 0 Å². The number of thioether (sulfide) groups is 1. The summed E-state index contributed by atoms with van der Waals surface area (Å²) in [5.41, 5.74) is 0. The molecule has 76 valence electrons. The van der Waals surface area contributed by atoms with E-state index in [0.717, 1.165) is 5.82 Å². The van der Waals surface area contributed by atoms with Gasteiger partial charge in [-0.25, -0.2) is 9.97 Å². The molecule has 1 N–H and O–H groups in total. The highest BCUT2D eigenvalue weighted by Gasteiger charge is 2.13. The van der Waals surface area contributed by atoms with E-state index in [4.69, 9.17) is 11.6 Å². The fourth-order valence-corrected chi connectivity index (χ4v) is 2.72. The topological polar surface area (TPSA) is 37.8 Å². The number of anilines is 1. The summed E-state index contributed by atoms with van der Waals surface area (Å²) in [5.74, 6) is 3.30. The fourth-order valence-electron chi connectivity index (χ4n) is 1.46. The summed E-state index contributed by atoms with van der Waals surface area (Å²) in [4.78, 5) is 7.96. The lowest BCUT2D eigenvalue weighted by atomic mass is 10.1. The first kappa shape index (κ1) is 10.1. The van der Waals surface area contributed by atoms with Gasteiger partial charge in [0.2, 0.25) is 0 Å². The minimum Gasteiger partial charge on any atom is -0.367 e. The van der Waals surface area contributed by atoms with Gasteiger partial charge in [0.15, 0.2) is 0 Å². The molecular formula is C9H12ClN3S. The molecule has 1 saturated heterocycles. The van der Waals surface area contributed by atoms with E-state index in [1.807, 2.05) is 11.8 Å². The first-order valence-corrected chi connectivity index (χ1v) is 6.20. The van der Waals surface area contributed by atoms with Crippen molar-refractivity contribution in [2.45, 2.75) is 18.9 Å². The van der Waals surface area contributed by atoms with Gasteiger partial charge in [0.25, 0.3) is 0 Å². The molecule has 0 atom stereocenters. The number of hydrogen-bond donors (Lipinski definition) is 1. The van der Waals surface area contributed by atoms with Crippen LogP contribution in [0.3, 0.4) is 0 Å². The van der Waals surface area contributed by atoms with E-state index in [2.05, 4.69) is 15.3 Å². The second kappa shape index (κ2) is 4.84. The van der Waals surface area contributed by atoms with E-state index >= 15 is 0 Å². The van der Waals surface area contributed by atoms with Crippen molar-refractivity contribution < 1.29 is 0 Å². The Morgan fingerprint density at radius 3 is 2.86 bits per heavy atom. The van der Waals surface area contributed by atoms with Gasteiger partial charge in [-0.1, -0.05) is 11.6 Å². The van der Waals surface area contributed by atoms with Crippen LogP contribution in [0, 0.1) is 0 Å². The van der Waals surface area contributed by atoms with Gasteiger partial charge in [-0.3, -0.25) is 0 Å². The zero-order valence-electron chi connectivity index (χ0n) is 7.74. The van der Waals surface area contributed by atoms with Crippen LogP contribution in [0.2, 0.25) is 5.15 Å². The van der Waals surface area contributed by atoms with Crippen LogP contribution < -0.4 is 5.32 Å². The fraction of sp³-hybridized carbons (Fsp3) is 0.556. The molecule has 0 saturated carbocycles. The molecule has 2 rings (SSSR count). The molecule has 0 bridgehead atoms. The molecule has 0 aromatic carbocycles. The number of hydrogen-bond acceptors (Lipinski definition) is 4. The summed E-state index contributed by atoms with van der Waals surface area (Å²) in [6.07, 6.45) is 3.89. The Bertz CT molecular complexity index is 302. The van der Waals surface area contributed by atoms with Crippen LogP contribution in [-0.4, -0.2) is 27.5 Å². The Kier molecular flexibility index (Phi) is 3.48. The van der Waals surface area contributed by atoms with E-state index in [9.17, 15) is 0 Å². The SMILES string of the molecule is Clc1cc(NC2CCSCC2)ncn1. The molecule has 0 aliphatic carbocycles. The van der Waals surface area contributed by atoms with Crippen LogP contribution in [0.15, 0.2) is 12.4 Å². The minimum atomic E-state index is 0.493. The van der Waals surface area contributed by atoms with E-state index in [1.165, 1.54) is 30.7 Å². The first-order chi connectivity index (χ1) is 6.84. The maximum absolute atomic E-state index is 5.77. The van der Waals surface area contributed by atoms with Crippen LogP contribution in [0.4, 0.5) is 5.82 Å². The molecule has 0 spiro atoms. The van der Waals surface area contributed by atoms with Crippen molar-refractivity contribution in [1.29, 1.82) is 0 Å². The number of aromatic nitrogens is 2. The Balaban J connectivity index is 1.95. The molecular weight excluding hydrogens is 218 g/mol. The molecule has 0 amide bonds. The third kappa shape index (κ3) is 2.75. The van der Waals surface area contributed by atoms with Crippen molar-refractivity contribution in [2.24, 2.45) is 0 Å². The third-order valence-corrected chi connectivity index (χ3v) is 3.46. The number of nitrogens with one attached hydrogen (secondary N) is 1. The van der Waals surface area contributed by atoms with Crippen LogP contribution in [0.1, 0.15) is 12.8 Å². The molecule has 1 aliphatic heterocycles. The predicted octanol–water partition coefficient (Wildman–Crippen LogP) is 2.44. The van der Waals surface area contributed by atoms with Crippen molar-refractivity contribution in [3.05, 3.63) is 17.5 Å². The highest BCUT2D eigenvalue weighted by molar-refractivity contribution is 7.99. The zero-order valence-corrected chi connectivity index (χ0v) is 9.31. The summed E-state index contributed by atoms with van der Waals surface area (Å²) in [6, 6.07) is 2.31. The first-order valence-electron chi connectivity index (χ1n) is 4.66. The molecule has 14 heavy (non-hydrogen) atoms. The lowest BCUT2D eigenvalue weighted by Crippen LogP contribution is -2.24. The number of halogens is 1. The Labute approximate surface area is 92.7 Å².